The Morgan fingerprint density at radius 1 is 1.24 bits per heavy atom. The van der Waals surface area contributed by atoms with Gasteiger partial charge < -0.3 is 14.7 Å². The Kier molecular flexibility index (Phi) is 4.58. The number of hydrogen-bond donors (Lipinski definition) is 1. The van der Waals surface area contributed by atoms with Gasteiger partial charge in [-0.15, -0.1) is 0 Å². The van der Waals surface area contributed by atoms with Crippen LogP contribution >= 0.6 is 0 Å². The molecule has 1 N–H and O–H groups in total. The van der Waals surface area contributed by atoms with Crippen molar-refractivity contribution in [3.63, 3.8) is 0 Å². The third kappa shape index (κ3) is 3.84. The molecule has 0 atom stereocenters. The Balaban J connectivity index is 1.51. The van der Waals surface area contributed by atoms with Crippen LogP contribution < -0.4 is 9.64 Å². The van der Waals surface area contributed by atoms with E-state index in [0.29, 0.717) is 17.7 Å². The van der Waals surface area contributed by atoms with Gasteiger partial charge in [0.25, 0.3) is 0 Å². The van der Waals surface area contributed by atoms with E-state index >= 15 is 0 Å². The van der Waals surface area contributed by atoms with Crippen molar-refractivity contribution in [2.24, 2.45) is 11.8 Å². The van der Waals surface area contributed by atoms with Crippen LogP contribution in [0.25, 0.3) is 0 Å². The first-order valence-corrected chi connectivity index (χ1v) is 8.04. The highest BCUT2D eigenvalue weighted by atomic mass is 16.5. The highest BCUT2D eigenvalue weighted by Crippen LogP contribution is 2.29. The first-order chi connectivity index (χ1) is 10.2. The molecule has 5 nitrogen and oxygen atoms in total. The molecule has 0 aliphatic heterocycles. The second kappa shape index (κ2) is 6.60. The highest BCUT2D eigenvalue weighted by Gasteiger charge is 2.28. The van der Waals surface area contributed by atoms with E-state index in [-0.39, 0.29) is 6.10 Å². The average molecular weight is 291 g/mol. The van der Waals surface area contributed by atoms with Crippen molar-refractivity contribution >= 4 is 5.82 Å². The molecule has 5 heteroatoms. The van der Waals surface area contributed by atoms with Gasteiger partial charge in [0.2, 0.25) is 5.88 Å². The predicted octanol–water partition coefficient (Wildman–Crippen LogP) is 2.25. The summed E-state index contributed by atoms with van der Waals surface area (Å²) in [6.45, 7) is 1.68. The van der Waals surface area contributed by atoms with Gasteiger partial charge in [0, 0.05) is 13.6 Å². The van der Waals surface area contributed by atoms with E-state index in [0.717, 1.165) is 31.8 Å². The molecule has 2 aliphatic carbocycles. The van der Waals surface area contributed by atoms with Gasteiger partial charge in [0.15, 0.2) is 5.82 Å². The number of aliphatic hydroxyl groups is 1. The van der Waals surface area contributed by atoms with Gasteiger partial charge in [0.1, 0.15) is 0 Å². The van der Waals surface area contributed by atoms with Crippen molar-refractivity contribution in [1.29, 1.82) is 0 Å². The number of hydrogen-bond acceptors (Lipinski definition) is 5. The zero-order valence-electron chi connectivity index (χ0n) is 12.7. The van der Waals surface area contributed by atoms with E-state index in [1.54, 1.807) is 12.4 Å². The monoisotopic (exact) mass is 291 g/mol. The van der Waals surface area contributed by atoms with Crippen molar-refractivity contribution in [2.75, 3.05) is 25.1 Å². The summed E-state index contributed by atoms with van der Waals surface area (Å²) in [5, 5.41) is 9.35. The lowest BCUT2D eigenvalue weighted by molar-refractivity contribution is 0.0464. The molecule has 0 unspecified atom stereocenters. The molecule has 0 radical (unpaired) electrons. The third-order valence-electron chi connectivity index (χ3n) is 4.68. The van der Waals surface area contributed by atoms with E-state index in [4.69, 9.17) is 4.74 Å². The summed E-state index contributed by atoms with van der Waals surface area (Å²) in [5.41, 5.74) is 0. The molecule has 21 heavy (non-hydrogen) atoms. The average Bonchev–Trinajstić information content (AvgIpc) is 2.97. The number of aromatic nitrogens is 2. The maximum Gasteiger partial charge on any atom is 0.234 e. The molecule has 2 aliphatic rings. The van der Waals surface area contributed by atoms with Gasteiger partial charge in [0.05, 0.1) is 25.1 Å². The Bertz CT molecular complexity index is 457. The first-order valence-electron chi connectivity index (χ1n) is 8.04. The number of rotatable bonds is 6. The van der Waals surface area contributed by atoms with Gasteiger partial charge in [-0.1, -0.05) is 12.8 Å². The summed E-state index contributed by atoms with van der Waals surface area (Å²) in [4.78, 5) is 10.9. The molecule has 3 rings (SSSR count). The molecule has 0 saturated heterocycles. The van der Waals surface area contributed by atoms with Crippen molar-refractivity contribution in [1.82, 2.24) is 9.97 Å². The number of aliphatic hydroxyl groups excluding tert-OH is 1. The highest BCUT2D eigenvalue weighted by molar-refractivity contribution is 5.36. The van der Waals surface area contributed by atoms with Crippen LogP contribution in [0.4, 0.5) is 5.82 Å². The van der Waals surface area contributed by atoms with Gasteiger partial charge in [-0.2, -0.15) is 4.98 Å². The fraction of sp³-hybridized carbons (Fsp3) is 0.750. The van der Waals surface area contributed by atoms with Crippen molar-refractivity contribution in [3.8, 4) is 5.88 Å². The van der Waals surface area contributed by atoms with Crippen molar-refractivity contribution in [2.45, 2.75) is 44.6 Å². The molecule has 1 aromatic rings. The van der Waals surface area contributed by atoms with Crippen LogP contribution in [-0.4, -0.2) is 41.4 Å². The van der Waals surface area contributed by atoms with Gasteiger partial charge in [-0.05, 0) is 37.5 Å². The van der Waals surface area contributed by atoms with Gasteiger partial charge in [-0.25, -0.2) is 0 Å². The minimum absolute atomic E-state index is 0.101. The van der Waals surface area contributed by atoms with Crippen LogP contribution in [0.1, 0.15) is 38.5 Å². The number of anilines is 1. The fourth-order valence-electron chi connectivity index (χ4n) is 3.30. The van der Waals surface area contributed by atoms with Crippen LogP contribution in [0.2, 0.25) is 0 Å². The van der Waals surface area contributed by atoms with E-state index in [2.05, 4.69) is 14.9 Å². The quantitative estimate of drug-likeness (QED) is 0.871. The summed E-state index contributed by atoms with van der Waals surface area (Å²) in [7, 11) is 2.02. The molecule has 0 aromatic carbocycles. The lowest BCUT2D eigenvalue weighted by atomic mass is 9.82. The predicted molar refractivity (Wildman–Crippen MR) is 81.5 cm³/mol. The second-order valence-corrected chi connectivity index (χ2v) is 6.55. The smallest absolute Gasteiger partial charge is 0.234 e. The van der Waals surface area contributed by atoms with E-state index in [1.165, 1.54) is 25.7 Å². The van der Waals surface area contributed by atoms with Crippen LogP contribution in [0.15, 0.2) is 12.4 Å². The van der Waals surface area contributed by atoms with Gasteiger partial charge in [-0.3, -0.25) is 4.98 Å². The van der Waals surface area contributed by atoms with Gasteiger partial charge >= 0.3 is 0 Å². The molecular formula is C16H25N3O2. The first kappa shape index (κ1) is 14.6. The maximum atomic E-state index is 9.35. The topological polar surface area (TPSA) is 58.5 Å². The summed E-state index contributed by atoms with van der Waals surface area (Å²) >= 11 is 0. The summed E-state index contributed by atoms with van der Waals surface area (Å²) < 4.78 is 5.80. The largest absolute Gasteiger partial charge is 0.476 e. The number of ether oxygens (including phenoxy) is 1. The Morgan fingerprint density at radius 3 is 2.71 bits per heavy atom. The Morgan fingerprint density at radius 2 is 2.00 bits per heavy atom. The summed E-state index contributed by atoms with van der Waals surface area (Å²) in [6.07, 6.45) is 10.4. The lowest BCUT2D eigenvalue weighted by Crippen LogP contribution is -2.37. The van der Waals surface area contributed by atoms with E-state index in [1.807, 2.05) is 7.05 Å². The van der Waals surface area contributed by atoms with Crippen LogP contribution in [0.3, 0.4) is 0 Å². The maximum absolute atomic E-state index is 9.35. The molecular weight excluding hydrogens is 266 g/mol. The molecule has 1 heterocycles. The van der Waals surface area contributed by atoms with Crippen LogP contribution in [-0.2, 0) is 0 Å². The van der Waals surface area contributed by atoms with Crippen molar-refractivity contribution in [3.05, 3.63) is 12.4 Å². The standard InChI is InChI=1S/C16H25N3O2/c1-19(10-13-6-14(20)7-13)15-8-17-9-16(18-15)21-11-12-4-2-3-5-12/h8-9,12-14,20H,2-7,10-11H2,1H3. The zero-order valence-corrected chi connectivity index (χ0v) is 12.7. The van der Waals surface area contributed by atoms with Crippen LogP contribution in [0.5, 0.6) is 5.88 Å². The molecule has 0 spiro atoms. The molecule has 2 saturated carbocycles. The normalized spacial score (nSPS) is 25.6. The molecule has 116 valence electrons. The molecule has 0 bridgehead atoms. The second-order valence-electron chi connectivity index (χ2n) is 6.55. The van der Waals surface area contributed by atoms with Crippen molar-refractivity contribution < 1.29 is 9.84 Å². The van der Waals surface area contributed by atoms with E-state index < -0.39 is 0 Å². The third-order valence-corrected chi connectivity index (χ3v) is 4.68. The molecule has 0 amide bonds. The van der Waals surface area contributed by atoms with Crippen LogP contribution in [0, 0.1) is 11.8 Å². The fourth-order valence-corrected chi connectivity index (χ4v) is 3.30. The minimum atomic E-state index is -0.101. The number of nitrogens with zero attached hydrogens (tertiary/aromatic N) is 3. The Labute approximate surface area is 126 Å². The molecule has 1 aromatic heterocycles. The summed E-state index contributed by atoms with van der Waals surface area (Å²) in [6, 6.07) is 0. The molecule has 2 fully saturated rings. The van der Waals surface area contributed by atoms with E-state index in [9.17, 15) is 5.11 Å². The summed E-state index contributed by atoms with van der Waals surface area (Å²) in [5.74, 6) is 2.72. The minimum Gasteiger partial charge on any atom is -0.476 e. The zero-order chi connectivity index (χ0) is 14.7. The lowest BCUT2D eigenvalue weighted by Gasteiger charge is -2.34. The SMILES string of the molecule is CN(CC1CC(O)C1)c1cncc(OCC2CCCC2)n1. The Hall–Kier alpha value is -1.36.